The Balaban J connectivity index is 1.50. The molecule has 0 radical (unpaired) electrons. The number of amides is 1. The number of primary amides is 1. The highest BCUT2D eigenvalue weighted by Crippen LogP contribution is 2.60. The minimum atomic E-state index is -0.734. The van der Waals surface area contributed by atoms with Crippen molar-refractivity contribution in [2.45, 2.75) is 84.0 Å². The van der Waals surface area contributed by atoms with Crippen molar-refractivity contribution in [3.8, 4) is 6.19 Å². The van der Waals surface area contributed by atoms with E-state index in [1.165, 1.54) is 5.56 Å². The molecule has 4 aliphatic rings. The number of nitrogens with zero attached hydrogens (tertiary/aromatic N) is 2. The van der Waals surface area contributed by atoms with Crippen LogP contribution in [0.3, 0.4) is 0 Å². The van der Waals surface area contributed by atoms with Crippen LogP contribution in [-0.2, 0) is 16.1 Å². The number of benzene rings is 1. The molecule has 6 nitrogen and oxygen atoms in total. The molecule has 3 N–H and O–H groups in total. The molecule has 1 aromatic carbocycles. The molecule has 5 rings (SSSR count). The van der Waals surface area contributed by atoms with Crippen molar-refractivity contribution in [1.82, 2.24) is 5.32 Å². The second-order valence-corrected chi connectivity index (χ2v) is 11.0. The summed E-state index contributed by atoms with van der Waals surface area (Å²) in [5.74, 6) is 2.21. The van der Waals surface area contributed by atoms with Crippen molar-refractivity contribution in [2.75, 3.05) is 0 Å². The highest BCUT2D eigenvalue weighted by atomic mass is 16.5. The molecule has 4 saturated carbocycles. The van der Waals surface area contributed by atoms with E-state index in [1.54, 1.807) is 0 Å². The van der Waals surface area contributed by atoms with Gasteiger partial charge in [0.05, 0.1) is 12.6 Å². The van der Waals surface area contributed by atoms with Crippen LogP contribution in [0.25, 0.3) is 0 Å². The lowest BCUT2D eigenvalue weighted by atomic mass is 9.48. The van der Waals surface area contributed by atoms with E-state index in [0.717, 1.165) is 37.7 Å². The fourth-order valence-electron chi connectivity index (χ4n) is 6.38. The first kappa shape index (κ1) is 22.8. The first-order chi connectivity index (χ1) is 15.1. The molecule has 0 saturated heterocycles. The van der Waals surface area contributed by atoms with Gasteiger partial charge >= 0.3 is 0 Å². The molecular weight excluding hydrogens is 400 g/mol. The lowest BCUT2D eigenvalue weighted by molar-refractivity contribution is -0.144. The molecule has 4 fully saturated rings. The molecule has 32 heavy (non-hydrogen) atoms. The average Bonchev–Trinajstić information content (AvgIpc) is 2.73. The number of nitriles is 1. The Morgan fingerprint density at radius 1 is 1.25 bits per heavy atom. The van der Waals surface area contributed by atoms with E-state index in [0.29, 0.717) is 36.1 Å². The fourth-order valence-corrected chi connectivity index (χ4v) is 6.38. The second-order valence-electron chi connectivity index (χ2n) is 11.0. The molecule has 4 bridgehead atoms. The van der Waals surface area contributed by atoms with Crippen LogP contribution in [0.4, 0.5) is 0 Å². The molecule has 4 aliphatic carbocycles. The predicted octanol–water partition coefficient (Wildman–Crippen LogP) is 4.25. The number of rotatable bonds is 7. The van der Waals surface area contributed by atoms with Crippen LogP contribution >= 0.6 is 0 Å². The number of carbonyl (C=O) groups is 1. The third-order valence-electron chi connectivity index (χ3n) is 8.01. The summed E-state index contributed by atoms with van der Waals surface area (Å²) in [4.78, 5) is 17.3. The van der Waals surface area contributed by atoms with Gasteiger partial charge < -0.3 is 10.5 Å². The molecule has 2 atom stereocenters. The normalized spacial score (nSPS) is 31.6. The summed E-state index contributed by atoms with van der Waals surface area (Å²) in [6.45, 7) is 8.72. The lowest BCUT2D eigenvalue weighted by Gasteiger charge is -2.57. The van der Waals surface area contributed by atoms with Crippen LogP contribution in [-0.4, -0.2) is 23.4 Å². The van der Waals surface area contributed by atoms with Crippen LogP contribution < -0.4 is 11.1 Å². The number of hydrogen-bond donors (Lipinski definition) is 2. The van der Waals surface area contributed by atoms with Gasteiger partial charge in [0.1, 0.15) is 11.4 Å². The molecule has 0 spiro atoms. The van der Waals surface area contributed by atoms with Crippen molar-refractivity contribution in [3.63, 3.8) is 0 Å². The molecule has 0 heterocycles. The first-order valence-electron chi connectivity index (χ1n) is 11.9. The molecule has 1 amide bonds. The van der Waals surface area contributed by atoms with Crippen molar-refractivity contribution in [2.24, 2.45) is 33.9 Å². The summed E-state index contributed by atoms with van der Waals surface area (Å²) >= 11 is 0. The van der Waals surface area contributed by atoms with Crippen molar-refractivity contribution in [3.05, 3.63) is 35.4 Å². The van der Waals surface area contributed by atoms with Gasteiger partial charge in [-0.05, 0) is 80.8 Å². The van der Waals surface area contributed by atoms with Crippen LogP contribution in [0.5, 0.6) is 0 Å². The zero-order valence-corrected chi connectivity index (χ0v) is 19.7. The molecule has 1 aromatic rings. The molecule has 172 valence electrons. The Kier molecular flexibility index (Phi) is 6.06. The van der Waals surface area contributed by atoms with E-state index in [1.807, 2.05) is 13.8 Å². The third kappa shape index (κ3) is 4.28. The maximum Gasteiger partial charge on any atom is 0.223 e. The maximum absolute atomic E-state index is 12.2. The quantitative estimate of drug-likeness (QED) is 0.289. The summed E-state index contributed by atoms with van der Waals surface area (Å²) in [6.07, 6.45) is 6.85. The number of nitrogens with two attached hydrogens (primary N) is 1. The van der Waals surface area contributed by atoms with Gasteiger partial charge in [0.15, 0.2) is 6.19 Å². The molecule has 6 heteroatoms. The lowest BCUT2D eigenvalue weighted by Crippen LogP contribution is -2.58. The van der Waals surface area contributed by atoms with Crippen molar-refractivity contribution in [1.29, 1.82) is 5.26 Å². The van der Waals surface area contributed by atoms with Gasteiger partial charge in [0, 0.05) is 5.41 Å². The number of nitrogens with one attached hydrogen (secondary N) is 1. The summed E-state index contributed by atoms with van der Waals surface area (Å²) in [5.41, 5.74) is 7.16. The largest absolute Gasteiger partial charge is 0.369 e. The van der Waals surface area contributed by atoms with Crippen LogP contribution in [0.2, 0.25) is 0 Å². The van der Waals surface area contributed by atoms with Crippen LogP contribution in [0.15, 0.2) is 29.3 Å². The minimum absolute atomic E-state index is 0.114. The summed E-state index contributed by atoms with van der Waals surface area (Å²) in [5, 5.41) is 12.2. The number of aliphatic imine (C=N–C) groups is 1. The number of amidine groups is 1. The number of carbonyl (C=O) groups excluding carboxylic acids is 1. The smallest absolute Gasteiger partial charge is 0.223 e. The van der Waals surface area contributed by atoms with E-state index in [2.05, 4.69) is 49.6 Å². The van der Waals surface area contributed by atoms with E-state index in [9.17, 15) is 10.1 Å². The topological polar surface area (TPSA) is 100 Å². The average molecular weight is 437 g/mol. The van der Waals surface area contributed by atoms with Gasteiger partial charge in [0.2, 0.25) is 5.91 Å². The van der Waals surface area contributed by atoms with Gasteiger partial charge in [-0.15, -0.1) is 0 Å². The Morgan fingerprint density at radius 3 is 2.41 bits per heavy atom. The summed E-state index contributed by atoms with van der Waals surface area (Å²) < 4.78 is 6.26. The molecular formula is C26H36N4O2. The van der Waals surface area contributed by atoms with E-state index >= 15 is 0 Å². The van der Waals surface area contributed by atoms with Gasteiger partial charge in [-0.3, -0.25) is 15.1 Å². The van der Waals surface area contributed by atoms with E-state index in [4.69, 9.17) is 15.5 Å². The third-order valence-corrected chi connectivity index (χ3v) is 8.01. The van der Waals surface area contributed by atoms with E-state index < -0.39 is 5.60 Å². The Morgan fingerprint density at radius 2 is 1.88 bits per heavy atom. The van der Waals surface area contributed by atoms with Gasteiger partial charge in [-0.2, -0.15) is 5.26 Å². The van der Waals surface area contributed by atoms with Crippen molar-refractivity contribution >= 4 is 11.7 Å². The first-order valence-corrected chi connectivity index (χ1v) is 11.9. The fraction of sp³-hybridized carbons (Fsp3) is 0.654. The van der Waals surface area contributed by atoms with Gasteiger partial charge in [-0.1, -0.05) is 38.1 Å². The van der Waals surface area contributed by atoms with Gasteiger partial charge in [-0.25, -0.2) is 0 Å². The van der Waals surface area contributed by atoms with Crippen LogP contribution in [0.1, 0.15) is 76.8 Å². The molecule has 2 unspecified atom stereocenters. The number of hydrogen-bond acceptors (Lipinski definition) is 4. The SMILES string of the molecule is CC(C)c1ccc(COC(C)(C)C(=NC2C3CC4CC2CC(C(N)=O)(C4)C3)NC#N)cc1. The summed E-state index contributed by atoms with van der Waals surface area (Å²) in [7, 11) is 0. The highest BCUT2D eigenvalue weighted by Gasteiger charge is 2.58. The predicted molar refractivity (Wildman–Crippen MR) is 125 cm³/mol. The molecule has 0 aliphatic heterocycles. The van der Waals surface area contributed by atoms with E-state index in [-0.39, 0.29) is 17.4 Å². The molecule has 0 aromatic heterocycles. The van der Waals surface area contributed by atoms with Crippen LogP contribution in [0, 0.1) is 34.6 Å². The maximum atomic E-state index is 12.2. The number of ether oxygens (including phenoxy) is 1. The second kappa shape index (κ2) is 8.51. The Bertz CT molecular complexity index is 912. The van der Waals surface area contributed by atoms with Gasteiger partial charge in [0.25, 0.3) is 0 Å². The minimum Gasteiger partial charge on any atom is -0.369 e. The Labute approximate surface area is 191 Å². The highest BCUT2D eigenvalue weighted by molar-refractivity contribution is 5.91. The standard InChI is InChI=1S/C26H36N4O2/c1-16(2)19-7-5-17(6-8-19)14-32-25(3,4)24(29-15-27)30-22-20-9-18-10-21(22)13-26(11-18,12-20)23(28)31/h5-8,16,18,20-22H,9-14H2,1-4H3,(H2,28,31)(H,29,30). The van der Waals surface area contributed by atoms with Crippen molar-refractivity contribution < 1.29 is 9.53 Å². The summed E-state index contributed by atoms with van der Waals surface area (Å²) in [6, 6.07) is 8.59. The zero-order chi connectivity index (χ0) is 23.1. The monoisotopic (exact) mass is 436 g/mol. The zero-order valence-electron chi connectivity index (χ0n) is 19.7. The Hall–Kier alpha value is -2.39.